The summed E-state index contributed by atoms with van der Waals surface area (Å²) in [7, 11) is 0. The number of benzene rings is 1. The van der Waals surface area contributed by atoms with E-state index >= 15 is 0 Å². The Morgan fingerprint density at radius 3 is 2.64 bits per heavy atom. The van der Waals surface area contributed by atoms with Crippen LogP contribution < -0.4 is 5.73 Å². The van der Waals surface area contributed by atoms with Crippen molar-refractivity contribution in [1.82, 2.24) is 0 Å². The van der Waals surface area contributed by atoms with Gasteiger partial charge < -0.3 is 10.8 Å². The molecule has 0 spiro atoms. The molecule has 0 bridgehead atoms. The molecule has 0 aliphatic carbocycles. The summed E-state index contributed by atoms with van der Waals surface area (Å²) in [5.41, 5.74) is 6.25. The van der Waals surface area contributed by atoms with Crippen molar-refractivity contribution >= 4 is 5.97 Å². The van der Waals surface area contributed by atoms with E-state index in [0.29, 0.717) is 12.0 Å². The van der Waals surface area contributed by atoms with Gasteiger partial charge in [0.15, 0.2) is 0 Å². The fourth-order valence-corrected chi connectivity index (χ4v) is 1.40. The molecule has 0 amide bonds. The maximum Gasteiger partial charge on any atom is 0.328 e. The third-order valence-electron chi connectivity index (χ3n) is 2.47. The van der Waals surface area contributed by atoms with Crippen LogP contribution in [0.5, 0.6) is 0 Å². The summed E-state index contributed by atoms with van der Waals surface area (Å²) in [6, 6.07) is 7.31. The molecule has 0 saturated heterocycles. The van der Waals surface area contributed by atoms with E-state index in [4.69, 9.17) is 10.8 Å². The molecule has 0 fully saturated rings. The Morgan fingerprint density at radius 1 is 1.57 bits per heavy atom. The summed E-state index contributed by atoms with van der Waals surface area (Å²) in [5, 5.41) is 9.05. The van der Waals surface area contributed by atoms with Crippen molar-refractivity contribution in [1.29, 1.82) is 0 Å². The molecule has 1 aromatic carbocycles. The van der Waals surface area contributed by atoms with Crippen LogP contribution in [0.4, 0.5) is 0 Å². The van der Waals surface area contributed by atoms with Crippen LogP contribution in [0.1, 0.15) is 24.5 Å². The van der Waals surface area contributed by atoms with Gasteiger partial charge in [0.1, 0.15) is 5.54 Å². The van der Waals surface area contributed by atoms with Crippen LogP contribution in [-0.2, 0) is 10.3 Å². The van der Waals surface area contributed by atoms with E-state index in [1.807, 2.05) is 25.1 Å². The maximum absolute atomic E-state index is 11.0. The number of aryl methyl sites for hydroxylation is 1. The van der Waals surface area contributed by atoms with Gasteiger partial charge in [-0.25, -0.2) is 4.79 Å². The lowest BCUT2D eigenvalue weighted by atomic mass is 9.88. The zero-order valence-corrected chi connectivity index (χ0v) is 8.45. The lowest BCUT2D eigenvalue weighted by molar-refractivity contribution is -0.143. The van der Waals surface area contributed by atoms with Crippen LogP contribution in [0.3, 0.4) is 0 Å². The van der Waals surface area contributed by atoms with Crippen molar-refractivity contribution in [3.05, 3.63) is 35.4 Å². The highest BCUT2D eigenvalue weighted by Gasteiger charge is 2.33. The molecule has 0 heterocycles. The fourth-order valence-electron chi connectivity index (χ4n) is 1.40. The lowest BCUT2D eigenvalue weighted by Gasteiger charge is -2.23. The maximum atomic E-state index is 11.0. The number of rotatable bonds is 3. The molecule has 3 heteroatoms. The van der Waals surface area contributed by atoms with E-state index in [1.54, 1.807) is 13.0 Å². The number of hydrogen-bond acceptors (Lipinski definition) is 2. The molecule has 76 valence electrons. The molecule has 1 unspecified atom stereocenters. The predicted molar refractivity (Wildman–Crippen MR) is 55.0 cm³/mol. The summed E-state index contributed by atoms with van der Waals surface area (Å²) in [5.74, 6) is -0.981. The molecule has 1 aromatic rings. The van der Waals surface area contributed by atoms with Gasteiger partial charge in [0.05, 0.1) is 0 Å². The van der Waals surface area contributed by atoms with Gasteiger partial charge in [-0.1, -0.05) is 36.8 Å². The highest BCUT2D eigenvalue weighted by molar-refractivity contribution is 5.80. The second-order valence-electron chi connectivity index (χ2n) is 3.50. The Labute approximate surface area is 83.6 Å². The predicted octanol–water partition coefficient (Wildman–Crippen LogP) is 1.64. The minimum absolute atomic E-state index is 0.381. The van der Waals surface area contributed by atoms with Crippen LogP contribution in [-0.4, -0.2) is 11.1 Å². The van der Waals surface area contributed by atoms with Crippen LogP contribution in [0, 0.1) is 6.92 Å². The molecule has 0 aromatic heterocycles. The number of carboxylic acid groups (broad SMARTS) is 1. The molecule has 0 aliphatic heterocycles. The highest BCUT2D eigenvalue weighted by Crippen LogP contribution is 2.22. The normalized spacial score (nSPS) is 14.8. The molecule has 0 radical (unpaired) electrons. The number of aliphatic carboxylic acids is 1. The molecule has 3 N–H and O–H groups in total. The zero-order chi connectivity index (χ0) is 10.8. The van der Waals surface area contributed by atoms with Crippen molar-refractivity contribution in [2.75, 3.05) is 0 Å². The zero-order valence-electron chi connectivity index (χ0n) is 8.45. The molecule has 1 atom stereocenters. The van der Waals surface area contributed by atoms with Gasteiger partial charge in [-0.2, -0.15) is 0 Å². The molecule has 14 heavy (non-hydrogen) atoms. The lowest BCUT2D eigenvalue weighted by Crippen LogP contribution is -2.44. The number of nitrogens with two attached hydrogens (primary N) is 1. The molecule has 3 nitrogen and oxygen atoms in total. The third-order valence-corrected chi connectivity index (χ3v) is 2.47. The third kappa shape index (κ3) is 1.77. The van der Waals surface area contributed by atoms with E-state index in [1.165, 1.54) is 0 Å². The molecule has 0 saturated carbocycles. The van der Waals surface area contributed by atoms with Crippen LogP contribution in [0.25, 0.3) is 0 Å². The summed E-state index contributed by atoms with van der Waals surface area (Å²) in [6.45, 7) is 3.69. The van der Waals surface area contributed by atoms with Gasteiger partial charge in [-0.05, 0) is 18.9 Å². The van der Waals surface area contributed by atoms with E-state index in [0.717, 1.165) is 5.56 Å². The first kappa shape index (κ1) is 10.7. The first-order chi connectivity index (χ1) is 6.50. The van der Waals surface area contributed by atoms with Gasteiger partial charge in [-0.15, -0.1) is 0 Å². The SMILES string of the molecule is CCC(N)(C(=O)O)c1cccc(C)c1. The van der Waals surface area contributed by atoms with Gasteiger partial charge >= 0.3 is 5.97 Å². The van der Waals surface area contributed by atoms with Crippen molar-refractivity contribution in [3.8, 4) is 0 Å². The van der Waals surface area contributed by atoms with E-state index in [9.17, 15) is 4.79 Å². The van der Waals surface area contributed by atoms with Gasteiger partial charge in [0.25, 0.3) is 0 Å². The van der Waals surface area contributed by atoms with Gasteiger partial charge in [-0.3, -0.25) is 0 Å². The quantitative estimate of drug-likeness (QED) is 0.767. The standard InChI is InChI=1S/C11H15NO2/c1-3-11(12,10(13)14)9-6-4-5-8(2)7-9/h4-7H,3,12H2,1-2H3,(H,13,14). The van der Waals surface area contributed by atoms with Gasteiger partial charge in [0.2, 0.25) is 0 Å². The van der Waals surface area contributed by atoms with Crippen LogP contribution >= 0.6 is 0 Å². The average molecular weight is 193 g/mol. The van der Waals surface area contributed by atoms with Crippen molar-refractivity contribution in [2.45, 2.75) is 25.8 Å². The largest absolute Gasteiger partial charge is 0.480 e. The molecular weight excluding hydrogens is 178 g/mol. The van der Waals surface area contributed by atoms with Crippen molar-refractivity contribution < 1.29 is 9.90 Å². The van der Waals surface area contributed by atoms with E-state index in [2.05, 4.69) is 0 Å². The first-order valence-corrected chi connectivity index (χ1v) is 4.60. The Hall–Kier alpha value is -1.35. The summed E-state index contributed by atoms with van der Waals surface area (Å²) in [4.78, 5) is 11.0. The van der Waals surface area contributed by atoms with Gasteiger partial charge in [0, 0.05) is 0 Å². The Morgan fingerprint density at radius 2 is 2.21 bits per heavy atom. The Bertz CT molecular complexity index is 349. The summed E-state index contributed by atoms with van der Waals surface area (Å²) in [6.07, 6.45) is 0.381. The van der Waals surface area contributed by atoms with E-state index < -0.39 is 11.5 Å². The summed E-state index contributed by atoms with van der Waals surface area (Å²) < 4.78 is 0. The van der Waals surface area contributed by atoms with E-state index in [-0.39, 0.29) is 0 Å². The topological polar surface area (TPSA) is 63.3 Å². The molecular formula is C11H15NO2. The Balaban J connectivity index is 3.19. The Kier molecular flexibility index (Phi) is 2.91. The average Bonchev–Trinajstić information content (AvgIpc) is 2.16. The number of carbonyl (C=O) groups is 1. The number of carboxylic acids is 1. The fraction of sp³-hybridized carbons (Fsp3) is 0.364. The molecule has 1 rings (SSSR count). The second-order valence-corrected chi connectivity index (χ2v) is 3.50. The van der Waals surface area contributed by atoms with Crippen LogP contribution in [0.15, 0.2) is 24.3 Å². The summed E-state index contributed by atoms with van der Waals surface area (Å²) >= 11 is 0. The van der Waals surface area contributed by atoms with Crippen LogP contribution in [0.2, 0.25) is 0 Å². The minimum Gasteiger partial charge on any atom is -0.480 e. The smallest absolute Gasteiger partial charge is 0.328 e. The monoisotopic (exact) mass is 193 g/mol. The first-order valence-electron chi connectivity index (χ1n) is 4.60. The second kappa shape index (κ2) is 3.80. The number of hydrogen-bond donors (Lipinski definition) is 2. The molecule has 0 aliphatic rings. The highest BCUT2D eigenvalue weighted by atomic mass is 16.4. The minimum atomic E-state index is -1.26. The van der Waals surface area contributed by atoms with Crippen molar-refractivity contribution in [2.24, 2.45) is 5.73 Å². The van der Waals surface area contributed by atoms with Crippen molar-refractivity contribution in [3.63, 3.8) is 0 Å².